The van der Waals surface area contributed by atoms with E-state index in [1.54, 1.807) is 0 Å². The molecule has 1 aromatic heterocycles. The first-order valence-electron chi connectivity index (χ1n) is 10.7. The second-order valence-electron chi connectivity index (χ2n) is 8.22. The van der Waals surface area contributed by atoms with Crippen LogP contribution in [0.15, 0.2) is 65.7 Å². The topological polar surface area (TPSA) is 114 Å². The lowest BCUT2D eigenvalue weighted by molar-refractivity contribution is -0.387. The smallest absolute Gasteiger partial charge is 0.289 e. The molecule has 0 atom stereocenters. The highest BCUT2D eigenvalue weighted by atomic mass is 32.2. The van der Waals surface area contributed by atoms with Crippen molar-refractivity contribution in [3.63, 3.8) is 0 Å². The molecule has 3 aromatic rings. The number of nitro groups is 1. The van der Waals surface area contributed by atoms with Crippen LogP contribution in [0, 0.1) is 22.0 Å². The third kappa shape index (κ3) is 5.05. The van der Waals surface area contributed by atoms with Crippen LogP contribution in [0.5, 0.6) is 0 Å². The summed E-state index contributed by atoms with van der Waals surface area (Å²) in [7, 11) is -3.93. The molecule has 0 aliphatic heterocycles. The zero-order valence-electron chi connectivity index (χ0n) is 17.6. The van der Waals surface area contributed by atoms with Gasteiger partial charge in [-0.1, -0.05) is 30.3 Å². The zero-order chi connectivity index (χ0) is 22.6. The Morgan fingerprint density at radius 1 is 0.938 bits per heavy atom. The number of hydrogen-bond acceptors (Lipinski definition) is 6. The van der Waals surface area contributed by atoms with Gasteiger partial charge in [-0.3, -0.25) is 15.1 Å². The van der Waals surface area contributed by atoms with Crippen molar-refractivity contribution in [1.29, 1.82) is 0 Å². The molecule has 1 heterocycles. The molecule has 2 N–H and O–H groups in total. The van der Waals surface area contributed by atoms with Crippen LogP contribution in [-0.2, 0) is 10.0 Å². The fourth-order valence-electron chi connectivity index (χ4n) is 4.28. The van der Waals surface area contributed by atoms with Crippen LogP contribution in [0.1, 0.15) is 25.7 Å². The molecule has 1 saturated carbocycles. The van der Waals surface area contributed by atoms with E-state index >= 15 is 0 Å². The van der Waals surface area contributed by atoms with Crippen LogP contribution in [0.4, 0.5) is 11.4 Å². The molecule has 168 valence electrons. The van der Waals surface area contributed by atoms with Gasteiger partial charge in [0.1, 0.15) is 0 Å². The summed E-state index contributed by atoms with van der Waals surface area (Å²) in [5, 5.41) is 15.8. The van der Waals surface area contributed by atoms with Gasteiger partial charge < -0.3 is 5.32 Å². The van der Waals surface area contributed by atoms with E-state index in [0.717, 1.165) is 48.8 Å². The number of para-hydroxylation sites is 2. The number of pyridine rings is 1. The zero-order valence-corrected chi connectivity index (χ0v) is 18.4. The maximum atomic E-state index is 12.6. The van der Waals surface area contributed by atoms with E-state index in [2.05, 4.69) is 21.1 Å². The Labute approximate surface area is 187 Å². The van der Waals surface area contributed by atoms with Crippen LogP contribution >= 0.6 is 0 Å². The van der Waals surface area contributed by atoms with Crippen LogP contribution in [0.3, 0.4) is 0 Å². The largest absolute Gasteiger partial charge is 0.384 e. The molecule has 9 heteroatoms. The number of rotatable bonds is 8. The van der Waals surface area contributed by atoms with E-state index in [0.29, 0.717) is 12.5 Å². The van der Waals surface area contributed by atoms with E-state index in [-0.39, 0.29) is 10.8 Å². The molecular formula is C23H26N4O4S. The number of nitro benzene ring substituents is 1. The average Bonchev–Trinajstić information content (AvgIpc) is 2.82. The summed E-state index contributed by atoms with van der Waals surface area (Å²) in [6.45, 7) is 1.16. The van der Waals surface area contributed by atoms with Gasteiger partial charge in [0, 0.05) is 36.4 Å². The number of benzene rings is 2. The van der Waals surface area contributed by atoms with Gasteiger partial charge >= 0.3 is 0 Å². The number of anilines is 1. The van der Waals surface area contributed by atoms with Gasteiger partial charge in [0.25, 0.3) is 5.69 Å². The van der Waals surface area contributed by atoms with Crippen molar-refractivity contribution in [1.82, 2.24) is 9.71 Å². The molecule has 8 nitrogen and oxygen atoms in total. The molecule has 1 aliphatic carbocycles. The van der Waals surface area contributed by atoms with Crippen molar-refractivity contribution in [2.24, 2.45) is 11.8 Å². The summed E-state index contributed by atoms with van der Waals surface area (Å²) in [6, 6.07) is 15.5. The molecule has 0 saturated heterocycles. The predicted octanol–water partition coefficient (Wildman–Crippen LogP) is 4.34. The summed E-state index contributed by atoms with van der Waals surface area (Å²) in [5.41, 5.74) is 1.64. The second kappa shape index (κ2) is 9.62. The molecule has 1 aliphatic rings. The molecule has 4 rings (SSSR count). The van der Waals surface area contributed by atoms with E-state index < -0.39 is 20.6 Å². The molecular weight excluding hydrogens is 428 g/mol. The monoisotopic (exact) mass is 454 g/mol. The van der Waals surface area contributed by atoms with E-state index in [9.17, 15) is 18.5 Å². The van der Waals surface area contributed by atoms with Crippen molar-refractivity contribution >= 4 is 32.3 Å². The highest BCUT2D eigenvalue weighted by molar-refractivity contribution is 7.89. The van der Waals surface area contributed by atoms with Gasteiger partial charge in [-0.05, 0) is 55.7 Å². The lowest BCUT2D eigenvalue weighted by atomic mass is 9.82. The summed E-state index contributed by atoms with van der Waals surface area (Å²) in [4.78, 5) is 14.6. The molecule has 32 heavy (non-hydrogen) atoms. The van der Waals surface area contributed by atoms with Crippen LogP contribution in [-0.4, -0.2) is 31.4 Å². The van der Waals surface area contributed by atoms with Gasteiger partial charge in [-0.25, -0.2) is 13.1 Å². The van der Waals surface area contributed by atoms with Crippen LogP contribution in [0.2, 0.25) is 0 Å². The van der Waals surface area contributed by atoms with Crippen molar-refractivity contribution in [2.75, 3.05) is 18.4 Å². The number of sulfonamides is 1. The molecule has 0 bridgehead atoms. The fraction of sp³-hybridized carbons (Fsp3) is 0.348. The lowest BCUT2D eigenvalue weighted by Gasteiger charge is -2.29. The van der Waals surface area contributed by atoms with Gasteiger partial charge in [0.15, 0.2) is 4.90 Å². The first-order valence-corrected chi connectivity index (χ1v) is 12.2. The minimum absolute atomic E-state index is 0.227. The summed E-state index contributed by atoms with van der Waals surface area (Å²) < 4.78 is 27.8. The van der Waals surface area contributed by atoms with Crippen molar-refractivity contribution in [3.8, 4) is 0 Å². The standard InChI is InChI=1S/C23H26N4O4S/c28-27(29)22-7-3-4-8-23(22)32(30,31)26-16-18-11-9-17(10-12-18)15-25-21-13-14-24-20-6-2-1-5-19(20)21/h1-8,13-14,17-18,26H,9-12,15-16H2,(H,24,25). The highest BCUT2D eigenvalue weighted by Crippen LogP contribution is 2.30. The first-order chi connectivity index (χ1) is 15.4. The van der Waals surface area contributed by atoms with E-state index in [4.69, 9.17) is 0 Å². The third-order valence-corrected chi connectivity index (χ3v) is 7.58. The minimum Gasteiger partial charge on any atom is -0.384 e. The SMILES string of the molecule is O=[N+]([O-])c1ccccc1S(=O)(=O)NCC1CCC(CNc2ccnc3ccccc23)CC1. The van der Waals surface area contributed by atoms with Crippen LogP contribution in [0.25, 0.3) is 10.9 Å². The van der Waals surface area contributed by atoms with Crippen molar-refractivity contribution < 1.29 is 13.3 Å². The number of aromatic nitrogens is 1. The van der Waals surface area contributed by atoms with Gasteiger partial charge in [-0.15, -0.1) is 0 Å². The third-order valence-electron chi connectivity index (χ3n) is 6.11. The van der Waals surface area contributed by atoms with Gasteiger partial charge in [-0.2, -0.15) is 0 Å². The Morgan fingerprint density at radius 3 is 2.34 bits per heavy atom. The molecule has 0 unspecified atom stereocenters. The highest BCUT2D eigenvalue weighted by Gasteiger charge is 2.27. The van der Waals surface area contributed by atoms with E-state index in [1.165, 1.54) is 24.3 Å². The number of nitrogens with zero attached hydrogens (tertiary/aromatic N) is 2. The van der Waals surface area contributed by atoms with Gasteiger partial charge in [0.05, 0.1) is 10.4 Å². The summed E-state index contributed by atoms with van der Waals surface area (Å²) in [5.74, 6) is 0.746. The Hall–Kier alpha value is -3.04. The Kier molecular flexibility index (Phi) is 6.66. The van der Waals surface area contributed by atoms with Crippen molar-refractivity contribution in [2.45, 2.75) is 30.6 Å². The van der Waals surface area contributed by atoms with E-state index in [1.807, 2.05) is 30.5 Å². The molecule has 1 fully saturated rings. The molecule has 2 aromatic carbocycles. The number of nitrogens with one attached hydrogen (secondary N) is 2. The fourth-order valence-corrected chi connectivity index (χ4v) is 5.57. The average molecular weight is 455 g/mol. The minimum atomic E-state index is -3.93. The van der Waals surface area contributed by atoms with Crippen LogP contribution < -0.4 is 10.0 Å². The second-order valence-corrected chi connectivity index (χ2v) is 9.96. The maximum absolute atomic E-state index is 12.6. The Bertz CT molecular complexity index is 1200. The van der Waals surface area contributed by atoms with Gasteiger partial charge in [0.2, 0.25) is 10.0 Å². The number of fused-ring (bicyclic) bond motifs is 1. The summed E-state index contributed by atoms with van der Waals surface area (Å²) in [6.07, 6.45) is 5.66. The quantitative estimate of drug-likeness (QED) is 0.387. The molecule has 0 radical (unpaired) electrons. The number of hydrogen-bond donors (Lipinski definition) is 2. The lowest BCUT2D eigenvalue weighted by Crippen LogP contribution is -2.32. The first kappa shape index (κ1) is 22.2. The molecule has 0 spiro atoms. The van der Waals surface area contributed by atoms with Crippen molar-refractivity contribution in [3.05, 3.63) is 70.9 Å². The predicted molar refractivity (Wildman–Crippen MR) is 124 cm³/mol. The Morgan fingerprint density at radius 2 is 1.59 bits per heavy atom. The normalized spacial score (nSPS) is 19.0. The Balaban J connectivity index is 1.28. The maximum Gasteiger partial charge on any atom is 0.289 e. The summed E-state index contributed by atoms with van der Waals surface area (Å²) >= 11 is 0. The molecule has 0 amide bonds.